The first-order valence-electron chi connectivity index (χ1n) is 3.35. The largest absolute Gasteiger partial charge is 0.316 e. The molecule has 1 aromatic rings. The van der Waals surface area contributed by atoms with Crippen LogP contribution in [-0.2, 0) is 10.5 Å². The highest BCUT2D eigenvalue weighted by molar-refractivity contribution is 7.61. The van der Waals surface area contributed by atoms with Crippen LogP contribution in [-0.4, -0.2) is 24.5 Å². The Balaban J connectivity index is 0.00000196. The van der Waals surface area contributed by atoms with Gasteiger partial charge in [-0.05, 0) is 12.1 Å². The predicted octanol–water partition coefficient (Wildman–Crippen LogP) is 0.317. The van der Waals surface area contributed by atoms with E-state index in [9.17, 15) is 13.2 Å². The number of carbonyl (C=O) groups is 1. The SMILES string of the molecule is Cl.O=C(NO)c1ncccc1N=S(=O)=O. The Hall–Kier alpha value is -1.51. The number of nitrogens with zero attached hydrogens (tertiary/aromatic N) is 2. The first-order chi connectivity index (χ1) is 6.65. The molecule has 0 aliphatic heterocycles. The van der Waals surface area contributed by atoms with Gasteiger partial charge in [-0.2, -0.15) is 8.42 Å². The third-order valence-corrected chi connectivity index (χ3v) is 1.62. The molecule has 0 spiro atoms. The highest BCUT2D eigenvalue weighted by Crippen LogP contribution is 2.15. The minimum absolute atomic E-state index is 0. The summed E-state index contributed by atoms with van der Waals surface area (Å²) in [7, 11) is -2.67. The van der Waals surface area contributed by atoms with Crippen molar-refractivity contribution < 1.29 is 18.4 Å². The lowest BCUT2D eigenvalue weighted by molar-refractivity contribution is 0.0701. The second kappa shape index (κ2) is 6.06. The van der Waals surface area contributed by atoms with E-state index in [0.29, 0.717) is 0 Å². The summed E-state index contributed by atoms with van der Waals surface area (Å²) in [5.41, 5.74) is 0.936. The molecule has 0 atom stereocenters. The molecule has 1 rings (SSSR count). The number of aromatic nitrogens is 1. The fourth-order valence-electron chi connectivity index (χ4n) is 0.779. The van der Waals surface area contributed by atoms with E-state index in [-0.39, 0.29) is 23.8 Å². The van der Waals surface area contributed by atoms with Crippen LogP contribution in [0.1, 0.15) is 10.5 Å². The van der Waals surface area contributed by atoms with Crippen molar-refractivity contribution in [1.82, 2.24) is 10.5 Å². The normalized spacial score (nSPS) is 8.60. The van der Waals surface area contributed by atoms with Crippen LogP contribution in [0.4, 0.5) is 5.69 Å². The molecule has 9 heteroatoms. The lowest BCUT2D eigenvalue weighted by Crippen LogP contribution is -2.19. The average molecular weight is 252 g/mol. The van der Waals surface area contributed by atoms with Crippen LogP contribution >= 0.6 is 12.4 Å². The second-order valence-corrected chi connectivity index (χ2v) is 2.74. The molecule has 0 radical (unpaired) electrons. The van der Waals surface area contributed by atoms with Crippen LogP contribution in [0.15, 0.2) is 22.7 Å². The van der Waals surface area contributed by atoms with Crippen molar-refractivity contribution in [3.63, 3.8) is 0 Å². The van der Waals surface area contributed by atoms with Crippen LogP contribution in [0.5, 0.6) is 0 Å². The van der Waals surface area contributed by atoms with Gasteiger partial charge in [-0.3, -0.25) is 10.0 Å². The van der Waals surface area contributed by atoms with Gasteiger partial charge in [0.05, 0.1) is 0 Å². The van der Waals surface area contributed by atoms with Crippen LogP contribution in [0.2, 0.25) is 0 Å². The van der Waals surface area contributed by atoms with E-state index in [1.165, 1.54) is 23.8 Å². The molecular formula is C6H6ClN3O4S. The van der Waals surface area contributed by atoms with Gasteiger partial charge in [0.15, 0.2) is 5.69 Å². The first kappa shape index (κ1) is 13.5. The van der Waals surface area contributed by atoms with E-state index < -0.39 is 16.4 Å². The number of hydrogen-bond acceptors (Lipinski definition) is 6. The fourth-order valence-corrected chi connectivity index (χ4v) is 1.09. The molecule has 82 valence electrons. The number of hydroxylamine groups is 1. The van der Waals surface area contributed by atoms with Gasteiger partial charge >= 0.3 is 10.5 Å². The highest BCUT2D eigenvalue weighted by Gasteiger charge is 2.11. The molecule has 7 nitrogen and oxygen atoms in total. The number of pyridine rings is 1. The fraction of sp³-hybridized carbons (Fsp3) is 0. The molecule has 0 aliphatic rings. The van der Waals surface area contributed by atoms with Gasteiger partial charge in [0.25, 0.3) is 5.91 Å². The van der Waals surface area contributed by atoms with E-state index in [0.717, 1.165) is 0 Å². The molecule has 0 bridgehead atoms. The zero-order chi connectivity index (χ0) is 10.6. The van der Waals surface area contributed by atoms with Gasteiger partial charge in [0.2, 0.25) is 0 Å². The van der Waals surface area contributed by atoms with E-state index in [1.807, 2.05) is 0 Å². The maximum atomic E-state index is 10.9. The summed E-state index contributed by atoms with van der Waals surface area (Å²) in [5, 5.41) is 8.31. The van der Waals surface area contributed by atoms with Gasteiger partial charge in [0, 0.05) is 6.20 Å². The van der Waals surface area contributed by atoms with Crippen molar-refractivity contribution >= 4 is 34.5 Å². The summed E-state index contributed by atoms with van der Waals surface area (Å²) in [6.07, 6.45) is 1.28. The number of amides is 1. The van der Waals surface area contributed by atoms with E-state index in [1.54, 1.807) is 0 Å². The van der Waals surface area contributed by atoms with Gasteiger partial charge in [0.1, 0.15) is 5.69 Å². The molecule has 0 fully saturated rings. The topological polar surface area (TPSA) is 109 Å². The van der Waals surface area contributed by atoms with Gasteiger partial charge in [-0.1, -0.05) is 0 Å². The minimum Gasteiger partial charge on any atom is -0.288 e. The van der Waals surface area contributed by atoms with Crippen molar-refractivity contribution in [2.75, 3.05) is 0 Å². The predicted molar refractivity (Wildman–Crippen MR) is 51.7 cm³/mol. The maximum absolute atomic E-state index is 10.9. The summed E-state index contributed by atoms with van der Waals surface area (Å²) in [6.45, 7) is 0. The zero-order valence-electron chi connectivity index (χ0n) is 7.11. The molecule has 0 aromatic carbocycles. The summed E-state index contributed by atoms with van der Waals surface area (Å²) in [6, 6.07) is 2.70. The standard InChI is InChI=1S/C6H5N3O4S.ClH/c10-6(8-11)5-4(9-14(12)13)2-1-3-7-5;/h1-3,11H,(H,8,10);1H. The zero-order valence-corrected chi connectivity index (χ0v) is 8.75. The Bertz CT molecular complexity index is 479. The molecule has 0 saturated carbocycles. The van der Waals surface area contributed by atoms with Gasteiger partial charge < -0.3 is 0 Å². The Morgan fingerprint density at radius 1 is 1.53 bits per heavy atom. The highest BCUT2D eigenvalue weighted by atomic mass is 35.5. The lowest BCUT2D eigenvalue weighted by atomic mass is 10.3. The second-order valence-electron chi connectivity index (χ2n) is 2.12. The van der Waals surface area contributed by atoms with Crippen molar-refractivity contribution in [2.45, 2.75) is 0 Å². The number of hydrogen-bond donors (Lipinski definition) is 2. The van der Waals surface area contributed by atoms with Crippen LogP contribution in [0.25, 0.3) is 0 Å². The summed E-state index contributed by atoms with van der Waals surface area (Å²) in [5.74, 6) is -0.921. The Labute approximate surface area is 92.2 Å². The molecular weight excluding hydrogens is 246 g/mol. The smallest absolute Gasteiger partial charge is 0.288 e. The molecule has 0 aliphatic carbocycles. The Kier molecular flexibility index (Phi) is 5.45. The monoisotopic (exact) mass is 251 g/mol. The molecule has 1 amide bonds. The van der Waals surface area contributed by atoms with Crippen molar-refractivity contribution in [3.05, 3.63) is 24.0 Å². The number of halogens is 1. The van der Waals surface area contributed by atoms with Gasteiger partial charge in [-0.25, -0.2) is 10.5 Å². The third-order valence-electron chi connectivity index (χ3n) is 1.28. The Morgan fingerprint density at radius 3 is 2.73 bits per heavy atom. The summed E-state index contributed by atoms with van der Waals surface area (Å²) >= 11 is 0. The molecule has 1 heterocycles. The molecule has 2 N–H and O–H groups in total. The maximum Gasteiger partial charge on any atom is 0.316 e. The molecule has 0 unspecified atom stereocenters. The van der Waals surface area contributed by atoms with Crippen molar-refractivity contribution in [2.24, 2.45) is 4.36 Å². The van der Waals surface area contributed by atoms with E-state index in [4.69, 9.17) is 5.21 Å². The molecule has 0 saturated heterocycles. The average Bonchev–Trinajstić information content (AvgIpc) is 2.16. The number of carbonyl (C=O) groups excluding carboxylic acids is 1. The summed E-state index contributed by atoms with van der Waals surface area (Å²) < 4.78 is 23.6. The van der Waals surface area contributed by atoms with E-state index in [2.05, 4.69) is 9.35 Å². The van der Waals surface area contributed by atoms with Crippen LogP contribution in [0.3, 0.4) is 0 Å². The van der Waals surface area contributed by atoms with E-state index >= 15 is 0 Å². The van der Waals surface area contributed by atoms with Crippen LogP contribution < -0.4 is 5.48 Å². The van der Waals surface area contributed by atoms with Crippen molar-refractivity contribution in [1.29, 1.82) is 0 Å². The lowest BCUT2D eigenvalue weighted by Gasteiger charge is -1.98. The minimum atomic E-state index is -2.67. The number of rotatable bonds is 2. The van der Waals surface area contributed by atoms with Crippen molar-refractivity contribution in [3.8, 4) is 0 Å². The van der Waals surface area contributed by atoms with Crippen LogP contribution in [0, 0.1) is 0 Å². The number of nitrogens with one attached hydrogen (secondary N) is 1. The Morgan fingerprint density at radius 2 is 2.20 bits per heavy atom. The summed E-state index contributed by atoms with van der Waals surface area (Å²) in [4.78, 5) is 14.5. The molecule has 1 aromatic heterocycles. The third kappa shape index (κ3) is 3.62. The quantitative estimate of drug-likeness (QED) is 0.581. The van der Waals surface area contributed by atoms with Gasteiger partial charge in [-0.15, -0.1) is 16.8 Å². The first-order valence-corrected chi connectivity index (χ1v) is 4.39. The molecule has 15 heavy (non-hydrogen) atoms.